The molecule has 1 unspecified atom stereocenters. The van der Waals surface area contributed by atoms with Crippen molar-refractivity contribution in [3.05, 3.63) is 42.5 Å². The van der Waals surface area contributed by atoms with E-state index in [0.717, 1.165) is 16.5 Å². The number of carbonyl (C=O) groups excluding carboxylic acids is 1. The average Bonchev–Trinajstić information content (AvgIpc) is 2.53. The predicted octanol–water partition coefficient (Wildman–Crippen LogP) is 2.56. The molecule has 1 amide bonds. The number of rotatable bonds is 6. The summed E-state index contributed by atoms with van der Waals surface area (Å²) < 4.78 is 5.22. The minimum atomic E-state index is -0.235. The Morgan fingerprint density at radius 1 is 1.24 bits per heavy atom. The molecule has 0 saturated heterocycles. The molecule has 0 aliphatic carbocycles. The van der Waals surface area contributed by atoms with E-state index in [1.165, 1.54) is 0 Å². The average molecular weight is 286 g/mol. The molecule has 4 nitrogen and oxygen atoms in total. The second-order valence-electron chi connectivity index (χ2n) is 4.93. The van der Waals surface area contributed by atoms with Crippen LogP contribution in [-0.4, -0.2) is 32.2 Å². The molecule has 1 atom stereocenters. The number of anilines is 1. The van der Waals surface area contributed by atoms with E-state index >= 15 is 0 Å². The Bertz CT molecular complexity index is 603. The van der Waals surface area contributed by atoms with E-state index in [1.54, 1.807) is 12.0 Å². The predicted molar refractivity (Wildman–Crippen MR) is 86.4 cm³/mol. The number of hydrogen-bond donors (Lipinski definition) is 1. The van der Waals surface area contributed by atoms with Gasteiger partial charge in [0.1, 0.15) is 0 Å². The molecule has 0 aliphatic rings. The van der Waals surface area contributed by atoms with Gasteiger partial charge in [-0.2, -0.15) is 0 Å². The number of carbonyl (C=O) groups is 1. The van der Waals surface area contributed by atoms with E-state index in [1.807, 2.05) is 37.3 Å². The van der Waals surface area contributed by atoms with Crippen LogP contribution in [0.25, 0.3) is 10.8 Å². The third-order valence-electron chi connectivity index (χ3n) is 3.67. The molecule has 0 bridgehead atoms. The van der Waals surface area contributed by atoms with E-state index in [2.05, 4.69) is 12.1 Å². The fourth-order valence-corrected chi connectivity index (χ4v) is 2.49. The molecule has 112 valence electrons. The number of methoxy groups -OCH3 is 1. The first-order valence-corrected chi connectivity index (χ1v) is 7.22. The van der Waals surface area contributed by atoms with Gasteiger partial charge in [0.15, 0.2) is 0 Å². The van der Waals surface area contributed by atoms with Gasteiger partial charge in [-0.1, -0.05) is 36.4 Å². The Hall–Kier alpha value is -1.91. The molecular weight excluding hydrogens is 264 g/mol. The molecule has 21 heavy (non-hydrogen) atoms. The lowest BCUT2D eigenvalue weighted by Crippen LogP contribution is -2.36. The van der Waals surface area contributed by atoms with Crippen LogP contribution in [0.15, 0.2) is 42.5 Å². The summed E-state index contributed by atoms with van der Waals surface area (Å²) in [5, 5.41) is 2.21. The van der Waals surface area contributed by atoms with Crippen LogP contribution in [0.2, 0.25) is 0 Å². The van der Waals surface area contributed by atoms with Crippen LogP contribution in [-0.2, 0) is 9.53 Å². The summed E-state index contributed by atoms with van der Waals surface area (Å²) in [5.74, 6) is 0.0335. The maximum atomic E-state index is 12.5. The molecule has 2 N–H and O–H groups in total. The number of hydrogen-bond acceptors (Lipinski definition) is 3. The number of ether oxygens (including phenoxy) is 1. The van der Waals surface area contributed by atoms with Crippen molar-refractivity contribution in [3.8, 4) is 0 Å². The Morgan fingerprint density at radius 3 is 2.62 bits per heavy atom. The fourth-order valence-electron chi connectivity index (χ4n) is 2.49. The van der Waals surface area contributed by atoms with E-state index in [9.17, 15) is 4.79 Å². The molecule has 0 radical (unpaired) electrons. The van der Waals surface area contributed by atoms with Gasteiger partial charge in [-0.05, 0) is 18.4 Å². The van der Waals surface area contributed by atoms with Crippen LogP contribution in [0.4, 0.5) is 5.69 Å². The minimum Gasteiger partial charge on any atom is -0.380 e. The molecule has 0 heterocycles. The first-order valence-electron chi connectivity index (χ1n) is 7.22. The Balaban J connectivity index is 2.33. The SMILES string of the molecule is CCN(C(=O)CC(CN)OC)c1cccc2ccccc12. The van der Waals surface area contributed by atoms with E-state index < -0.39 is 0 Å². The highest BCUT2D eigenvalue weighted by molar-refractivity contribution is 6.03. The van der Waals surface area contributed by atoms with Crippen LogP contribution in [0.5, 0.6) is 0 Å². The third-order valence-corrected chi connectivity index (χ3v) is 3.67. The van der Waals surface area contributed by atoms with Crippen molar-refractivity contribution < 1.29 is 9.53 Å². The zero-order valence-corrected chi connectivity index (χ0v) is 12.6. The Kier molecular flexibility index (Phi) is 5.31. The van der Waals surface area contributed by atoms with Crippen molar-refractivity contribution in [2.24, 2.45) is 5.73 Å². The smallest absolute Gasteiger partial charge is 0.229 e. The summed E-state index contributed by atoms with van der Waals surface area (Å²) in [4.78, 5) is 14.3. The third kappa shape index (κ3) is 3.40. The number of benzene rings is 2. The highest BCUT2D eigenvalue weighted by Gasteiger charge is 2.19. The summed E-state index contributed by atoms with van der Waals surface area (Å²) >= 11 is 0. The van der Waals surface area contributed by atoms with Gasteiger partial charge in [0.2, 0.25) is 5.91 Å². The summed E-state index contributed by atoms with van der Waals surface area (Å²) in [6.45, 7) is 2.94. The number of nitrogens with zero attached hydrogens (tertiary/aromatic N) is 1. The van der Waals surface area contributed by atoms with Gasteiger partial charge in [-0.25, -0.2) is 0 Å². The molecule has 0 aromatic heterocycles. The zero-order valence-electron chi connectivity index (χ0n) is 12.6. The van der Waals surface area contributed by atoms with E-state index in [4.69, 9.17) is 10.5 Å². The van der Waals surface area contributed by atoms with Gasteiger partial charge in [-0.15, -0.1) is 0 Å². The zero-order chi connectivity index (χ0) is 15.2. The van der Waals surface area contributed by atoms with Crippen molar-refractivity contribution in [2.75, 3.05) is 25.1 Å². The standard InChI is InChI=1S/C17H22N2O2/c1-3-19(17(20)11-14(12-18)21-2)16-10-6-8-13-7-4-5-9-15(13)16/h4-10,14H,3,11-12,18H2,1-2H3. The Morgan fingerprint density at radius 2 is 1.95 bits per heavy atom. The van der Waals surface area contributed by atoms with Crippen molar-refractivity contribution >= 4 is 22.4 Å². The topological polar surface area (TPSA) is 55.6 Å². The maximum Gasteiger partial charge on any atom is 0.229 e. The summed E-state index contributed by atoms with van der Waals surface area (Å²) in [7, 11) is 1.58. The lowest BCUT2D eigenvalue weighted by molar-refractivity contribution is -0.120. The van der Waals surface area contributed by atoms with Crippen LogP contribution >= 0.6 is 0 Å². The number of nitrogens with two attached hydrogens (primary N) is 1. The van der Waals surface area contributed by atoms with Crippen LogP contribution < -0.4 is 10.6 Å². The number of amides is 1. The van der Waals surface area contributed by atoms with Crippen molar-refractivity contribution in [1.82, 2.24) is 0 Å². The molecular formula is C17H22N2O2. The highest BCUT2D eigenvalue weighted by Crippen LogP contribution is 2.27. The Labute approximate surface area is 125 Å². The van der Waals surface area contributed by atoms with Crippen molar-refractivity contribution in [1.29, 1.82) is 0 Å². The van der Waals surface area contributed by atoms with Gasteiger partial charge in [0.05, 0.1) is 18.2 Å². The lowest BCUT2D eigenvalue weighted by atomic mass is 10.1. The largest absolute Gasteiger partial charge is 0.380 e. The summed E-state index contributed by atoms with van der Waals surface area (Å²) in [5.41, 5.74) is 6.54. The monoisotopic (exact) mass is 286 g/mol. The van der Waals surface area contributed by atoms with Crippen molar-refractivity contribution in [2.45, 2.75) is 19.4 Å². The lowest BCUT2D eigenvalue weighted by Gasteiger charge is -2.24. The molecule has 0 fully saturated rings. The van der Waals surface area contributed by atoms with Gasteiger partial charge in [0, 0.05) is 25.6 Å². The van der Waals surface area contributed by atoms with E-state index in [-0.39, 0.29) is 12.0 Å². The second-order valence-corrected chi connectivity index (χ2v) is 4.93. The molecule has 0 aliphatic heterocycles. The van der Waals surface area contributed by atoms with Gasteiger partial charge < -0.3 is 15.4 Å². The summed E-state index contributed by atoms with van der Waals surface area (Å²) in [6.07, 6.45) is 0.0610. The quantitative estimate of drug-likeness (QED) is 0.888. The summed E-state index contributed by atoms with van der Waals surface area (Å²) in [6, 6.07) is 14.1. The van der Waals surface area contributed by atoms with Crippen LogP contribution in [0, 0.1) is 0 Å². The minimum absolute atomic E-state index is 0.0335. The van der Waals surface area contributed by atoms with Crippen LogP contribution in [0.3, 0.4) is 0 Å². The van der Waals surface area contributed by atoms with Crippen molar-refractivity contribution in [3.63, 3.8) is 0 Å². The van der Waals surface area contributed by atoms with Gasteiger partial charge in [-0.3, -0.25) is 4.79 Å². The second kappa shape index (κ2) is 7.20. The molecule has 4 heteroatoms. The fraction of sp³-hybridized carbons (Fsp3) is 0.353. The number of fused-ring (bicyclic) bond motifs is 1. The van der Waals surface area contributed by atoms with Gasteiger partial charge in [0.25, 0.3) is 0 Å². The molecule has 2 aromatic carbocycles. The normalized spacial score (nSPS) is 12.3. The molecule has 2 aromatic rings. The first kappa shape index (κ1) is 15.5. The van der Waals surface area contributed by atoms with Crippen LogP contribution in [0.1, 0.15) is 13.3 Å². The van der Waals surface area contributed by atoms with E-state index in [0.29, 0.717) is 19.5 Å². The van der Waals surface area contributed by atoms with Gasteiger partial charge >= 0.3 is 0 Å². The first-order chi connectivity index (χ1) is 10.2. The molecule has 0 spiro atoms. The maximum absolute atomic E-state index is 12.5. The highest BCUT2D eigenvalue weighted by atomic mass is 16.5. The molecule has 0 saturated carbocycles. The molecule has 2 rings (SSSR count).